The predicted molar refractivity (Wildman–Crippen MR) is 116 cm³/mol. The van der Waals surface area contributed by atoms with Gasteiger partial charge < -0.3 is 9.55 Å². The molecule has 3 heterocycles. The summed E-state index contributed by atoms with van der Waals surface area (Å²) in [6, 6.07) is 18.2. The van der Waals surface area contributed by atoms with Crippen molar-refractivity contribution in [3.05, 3.63) is 67.1 Å². The highest BCUT2D eigenvalue weighted by molar-refractivity contribution is 6.04. The summed E-state index contributed by atoms with van der Waals surface area (Å²) < 4.78 is 8.11. The van der Waals surface area contributed by atoms with Crippen molar-refractivity contribution in [2.24, 2.45) is 0 Å². The molecule has 0 bridgehead atoms. The fraction of sp³-hybridized carbons (Fsp3) is 0.227. The molecule has 5 rings (SSSR count). The van der Waals surface area contributed by atoms with Gasteiger partial charge in [0.1, 0.15) is 23.5 Å². The largest absolute Gasteiger partial charge is 0.457 e. The van der Waals surface area contributed by atoms with Crippen molar-refractivity contribution in [1.29, 1.82) is 0 Å². The number of piperidine rings is 1. The topological polar surface area (TPSA) is 56.1 Å². The van der Waals surface area contributed by atoms with Crippen LogP contribution in [0.15, 0.2) is 67.1 Å². The van der Waals surface area contributed by atoms with Gasteiger partial charge in [0.2, 0.25) is 0 Å². The molecule has 6 nitrogen and oxygen atoms in total. The highest BCUT2D eigenvalue weighted by atomic mass is 16.5. The third-order valence-corrected chi connectivity index (χ3v) is 5.40. The summed E-state index contributed by atoms with van der Waals surface area (Å²) in [5.41, 5.74) is 2.79. The lowest BCUT2D eigenvalue weighted by Gasteiger charge is -2.30. The van der Waals surface area contributed by atoms with Crippen LogP contribution in [-0.2, 0) is 0 Å². The van der Waals surface area contributed by atoms with E-state index >= 15 is 0 Å². The Bertz CT molecular complexity index is 1130. The second-order valence-electron chi connectivity index (χ2n) is 7.55. The first-order valence-electron chi connectivity index (χ1n) is 9.98. The maximum absolute atomic E-state index is 6.02. The van der Waals surface area contributed by atoms with Gasteiger partial charge in [-0.1, -0.05) is 30.3 Å². The van der Waals surface area contributed by atoms with Crippen LogP contribution in [0, 0.1) is 0 Å². The van der Waals surface area contributed by atoms with Crippen LogP contribution in [0.2, 0.25) is 0 Å². The number of fused-ring (bicyclic) bond motifs is 1. The van der Waals surface area contributed by atoms with Crippen molar-refractivity contribution >= 4 is 19.0 Å². The summed E-state index contributed by atoms with van der Waals surface area (Å²) in [5, 5.41) is 5.97. The predicted octanol–water partition coefficient (Wildman–Crippen LogP) is 3.47. The molecule has 4 aromatic rings. The van der Waals surface area contributed by atoms with E-state index in [9.17, 15) is 0 Å². The Labute approximate surface area is 170 Å². The monoisotopic (exact) mass is 383 g/mol. The minimum atomic E-state index is 0.323. The summed E-state index contributed by atoms with van der Waals surface area (Å²) in [5.74, 6) is 1.60. The number of hydrogen-bond acceptors (Lipinski definition) is 5. The molecule has 1 aliphatic rings. The molecule has 1 saturated heterocycles. The molecule has 0 amide bonds. The Kier molecular flexibility index (Phi) is 4.73. The summed E-state index contributed by atoms with van der Waals surface area (Å²) in [6.45, 7) is 2.12. The van der Waals surface area contributed by atoms with Crippen LogP contribution in [0.4, 0.5) is 0 Å². The Balaban J connectivity index is 1.54. The van der Waals surface area contributed by atoms with Crippen LogP contribution in [0.1, 0.15) is 18.9 Å². The van der Waals surface area contributed by atoms with Crippen LogP contribution in [0.5, 0.6) is 11.5 Å². The van der Waals surface area contributed by atoms with E-state index < -0.39 is 0 Å². The van der Waals surface area contributed by atoms with Crippen LogP contribution < -0.4 is 4.74 Å². The van der Waals surface area contributed by atoms with Crippen molar-refractivity contribution < 1.29 is 4.74 Å². The first kappa shape index (κ1) is 17.9. The van der Waals surface area contributed by atoms with Gasteiger partial charge >= 0.3 is 0 Å². The molecule has 29 heavy (non-hydrogen) atoms. The number of para-hydroxylation sites is 1. The quantitative estimate of drug-likeness (QED) is 0.505. The minimum Gasteiger partial charge on any atom is -0.457 e. The van der Waals surface area contributed by atoms with E-state index in [-0.39, 0.29) is 0 Å². The van der Waals surface area contributed by atoms with Crippen LogP contribution in [0.3, 0.4) is 0 Å². The number of ether oxygens (including phenoxy) is 1. The third-order valence-electron chi connectivity index (χ3n) is 5.40. The minimum absolute atomic E-state index is 0.323. The van der Waals surface area contributed by atoms with Crippen LogP contribution >= 0.6 is 0 Å². The molecule has 0 unspecified atom stereocenters. The highest BCUT2D eigenvalue weighted by Gasteiger charge is 2.24. The highest BCUT2D eigenvalue weighted by Crippen LogP contribution is 2.33. The van der Waals surface area contributed by atoms with Crippen LogP contribution in [0.25, 0.3) is 22.3 Å². The Morgan fingerprint density at radius 2 is 1.90 bits per heavy atom. The third kappa shape index (κ3) is 3.61. The molecule has 144 valence electrons. The zero-order valence-electron chi connectivity index (χ0n) is 16.4. The standard InChI is InChI=1S/C22H22BN5O/c23-27-11-5-7-17(14-27)28-22-20(13-24-15-25-22)21(26-28)16-6-4-10-19(12-16)29-18-8-2-1-3-9-18/h1-4,6,8-10,12-13,15,17H,5,7,11,14,23H2/t17-/m0/s1. The normalized spacial score (nSPS) is 17.4. The molecule has 7 heteroatoms. The van der Waals surface area contributed by atoms with Gasteiger partial charge in [0.25, 0.3) is 0 Å². The number of rotatable bonds is 4. The first-order valence-corrected chi connectivity index (χ1v) is 9.98. The zero-order chi connectivity index (χ0) is 19.6. The average Bonchev–Trinajstić information content (AvgIpc) is 3.15. The summed E-state index contributed by atoms with van der Waals surface area (Å²) >= 11 is 0. The number of nitrogens with zero attached hydrogens (tertiary/aromatic N) is 5. The van der Waals surface area contributed by atoms with Crippen molar-refractivity contribution in [2.75, 3.05) is 13.1 Å². The van der Waals surface area contributed by atoms with Gasteiger partial charge in [0.15, 0.2) is 13.6 Å². The van der Waals surface area contributed by atoms with Gasteiger partial charge in [-0.3, -0.25) is 0 Å². The molecule has 1 atom stereocenters. The second kappa shape index (κ2) is 7.68. The van der Waals surface area contributed by atoms with E-state index in [1.165, 1.54) is 6.42 Å². The lowest BCUT2D eigenvalue weighted by molar-refractivity contribution is 0.265. The van der Waals surface area contributed by atoms with Crippen molar-refractivity contribution in [1.82, 2.24) is 24.6 Å². The second-order valence-corrected chi connectivity index (χ2v) is 7.55. The fourth-order valence-electron chi connectivity index (χ4n) is 4.02. The Morgan fingerprint density at radius 1 is 1.03 bits per heavy atom. The van der Waals surface area contributed by atoms with E-state index in [2.05, 4.69) is 33.5 Å². The molecule has 0 spiro atoms. The Hall–Kier alpha value is -3.19. The number of aromatic nitrogens is 4. The smallest absolute Gasteiger partial charge is 0.185 e. The van der Waals surface area contributed by atoms with Gasteiger partial charge in [0.05, 0.1) is 11.4 Å². The number of hydrogen-bond donors (Lipinski definition) is 0. The molecule has 2 aromatic carbocycles. The SMILES string of the molecule is BN1CCC[C@H](n2nc(-c3cccc(Oc4ccccc4)c3)c3cncnc32)C1. The van der Waals surface area contributed by atoms with Gasteiger partial charge in [-0.25, -0.2) is 14.6 Å². The fourth-order valence-corrected chi connectivity index (χ4v) is 4.02. The van der Waals surface area contributed by atoms with E-state index in [0.717, 1.165) is 53.3 Å². The molecular weight excluding hydrogens is 361 g/mol. The Morgan fingerprint density at radius 3 is 2.76 bits per heavy atom. The van der Waals surface area contributed by atoms with Gasteiger partial charge in [-0.05, 0) is 43.7 Å². The van der Waals surface area contributed by atoms with Gasteiger partial charge in [-0.2, -0.15) is 5.10 Å². The zero-order valence-corrected chi connectivity index (χ0v) is 16.4. The summed E-state index contributed by atoms with van der Waals surface area (Å²) in [6.07, 6.45) is 5.75. The summed E-state index contributed by atoms with van der Waals surface area (Å²) in [7, 11) is 2.16. The van der Waals surface area contributed by atoms with Gasteiger partial charge in [-0.15, -0.1) is 0 Å². The maximum Gasteiger partial charge on any atom is 0.185 e. The molecular formula is C22H22BN5O. The molecule has 1 aliphatic heterocycles. The lowest BCUT2D eigenvalue weighted by atomic mass is 10.0. The van der Waals surface area contributed by atoms with E-state index in [1.807, 2.05) is 54.7 Å². The van der Waals surface area contributed by atoms with E-state index in [1.54, 1.807) is 6.33 Å². The molecule has 2 aromatic heterocycles. The lowest BCUT2D eigenvalue weighted by Crippen LogP contribution is -2.35. The average molecular weight is 383 g/mol. The van der Waals surface area contributed by atoms with Crippen molar-refractivity contribution in [2.45, 2.75) is 18.9 Å². The molecule has 0 N–H and O–H groups in total. The molecule has 0 aliphatic carbocycles. The van der Waals surface area contributed by atoms with Crippen molar-refractivity contribution in [3.63, 3.8) is 0 Å². The van der Waals surface area contributed by atoms with Crippen LogP contribution in [-0.4, -0.2) is 45.6 Å². The van der Waals surface area contributed by atoms with E-state index in [4.69, 9.17) is 9.84 Å². The first-order chi connectivity index (χ1) is 14.3. The van der Waals surface area contributed by atoms with Crippen molar-refractivity contribution in [3.8, 4) is 22.8 Å². The summed E-state index contributed by atoms with van der Waals surface area (Å²) in [4.78, 5) is 11.2. The number of benzene rings is 2. The molecule has 0 saturated carbocycles. The molecule has 1 fully saturated rings. The van der Waals surface area contributed by atoms with Gasteiger partial charge in [0, 0.05) is 18.3 Å². The van der Waals surface area contributed by atoms with E-state index in [0.29, 0.717) is 6.04 Å². The maximum atomic E-state index is 6.02. The molecule has 0 radical (unpaired) electrons.